The van der Waals surface area contributed by atoms with Gasteiger partial charge in [-0.1, -0.05) is 0 Å². The van der Waals surface area contributed by atoms with Crippen molar-refractivity contribution in [1.82, 2.24) is 4.98 Å². The first-order valence-electron chi connectivity index (χ1n) is 6.28. The third kappa shape index (κ3) is 5.12. The van der Waals surface area contributed by atoms with Crippen molar-refractivity contribution in [3.8, 4) is 6.07 Å². The minimum absolute atomic E-state index is 0.194. The smallest absolute Gasteiger partial charge is 0.146 e. The van der Waals surface area contributed by atoms with Crippen LogP contribution in [0.1, 0.15) is 24.0 Å². The van der Waals surface area contributed by atoms with Gasteiger partial charge in [0.15, 0.2) is 0 Å². The van der Waals surface area contributed by atoms with E-state index in [9.17, 15) is 0 Å². The number of aliphatic hydroxyl groups excluding tert-OH is 1. The summed E-state index contributed by atoms with van der Waals surface area (Å²) in [6.45, 7) is 3.72. The lowest BCUT2D eigenvalue weighted by Gasteiger charge is -2.10. The number of pyridine rings is 1. The van der Waals surface area contributed by atoms with Gasteiger partial charge in [0.1, 0.15) is 17.7 Å². The lowest BCUT2D eigenvalue weighted by atomic mass is 10.1. The Morgan fingerprint density at radius 1 is 1.47 bits per heavy atom. The highest BCUT2D eigenvalue weighted by atomic mass is 16.5. The Balaban J connectivity index is 2.39. The lowest BCUT2D eigenvalue weighted by molar-refractivity contribution is 0.134. The first kappa shape index (κ1) is 15.2. The Morgan fingerprint density at radius 3 is 2.95 bits per heavy atom. The molecule has 1 rings (SSSR count). The van der Waals surface area contributed by atoms with E-state index in [4.69, 9.17) is 20.8 Å². The fraction of sp³-hybridized carbons (Fsp3) is 0.538. The van der Waals surface area contributed by atoms with Gasteiger partial charge in [-0.15, -0.1) is 0 Å². The molecule has 19 heavy (non-hydrogen) atoms. The van der Waals surface area contributed by atoms with Gasteiger partial charge in [0, 0.05) is 19.8 Å². The number of rotatable bonds is 8. The SMILES string of the molecule is Cc1cc(N)nc(NCCOCCCCO)c1C#N. The van der Waals surface area contributed by atoms with Crippen LogP contribution >= 0.6 is 0 Å². The number of unbranched alkanes of at least 4 members (excludes halogenated alkanes) is 1. The molecule has 0 unspecified atom stereocenters. The van der Waals surface area contributed by atoms with Crippen molar-refractivity contribution < 1.29 is 9.84 Å². The third-order valence-corrected chi connectivity index (χ3v) is 2.58. The van der Waals surface area contributed by atoms with Gasteiger partial charge < -0.3 is 20.9 Å². The standard InChI is InChI=1S/C13H20N4O2/c1-10-8-12(15)17-13(11(10)9-14)16-4-7-19-6-3-2-5-18/h8,18H,2-7H2,1H3,(H3,15,16,17). The van der Waals surface area contributed by atoms with Crippen LogP contribution in [-0.4, -0.2) is 36.5 Å². The van der Waals surface area contributed by atoms with Gasteiger partial charge in [0.05, 0.1) is 12.2 Å². The fourth-order valence-corrected chi connectivity index (χ4v) is 1.63. The maximum absolute atomic E-state index is 9.06. The molecule has 0 spiro atoms. The number of anilines is 2. The molecule has 0 atom stereocenters. The van der Waals surface area contributed by atoms with Crippen molar-refractivity contribution in [2.24, 2.45) is 0 Å². The topological polar surface area (TPSA) is 104 Å². The molecule has 4 N–H and O–H groups in total. The second-order valence-corrected chi connectivity index (χ2v) is 4.17. The van der Waals surface area contributed by atoms with Crippen molar-refractivity contribution in [2.75, 3.05) is 37.4 Å². The van der Waals surface area contributed by atoms with E-state index in [1.54, 1.807) is 6.07 Å². The quantitative estimate of drug-likeness (QED) is 0.606. The number of ether oxygens (including phenoxy) is 1. The maximum atomic E-state index is 9.06. The van der Waals surface area contributed by atoms with Crippen LogP contribution in [0, 0.1) is 18.3 Å². The van der Waals surface area contributed by atoms with Crippen LogP contribution in [0.5, 0.6) is 0 Å². The van der Waals surface area contributed by atoms with E-state index in [1.165, 1.54) is 0 Å². The molecule has 0 aliphatic carbocycles. The van der Waals surface area contributed by atoms with E-state index in [2.05, 4.69) is 16.4 Å². The first-order valence-corrected chi connectivity index (χ1v) is 6.28. The van der Waals surface area contributed by atoms with Crippen molar-refractivity contribution in [3.05, 3.63) is 17.2 Å². The predicted octanol–water partition coefficient (Wildman–Crippen LogP) is 1.04. The van der Waals surface area contributed by atoms with E-state index in [0.717, 1.165) is 18.4 Å². The fourth-order valence-electron chi connectivity index (χ4n) is 1.63. The van der Waals surface area contributed by atoms with Crippen LogP contribution in [0.25, 0.3) is 0 Å². The number of nitrogen functional groups attached to an aromatic ring is 1. The highest BCUT2D eigenvalue weighted by Gasteiger charge is 2.07. The minimum Gasteiger partial charge on any atom is -0.396 e. The summed E-state index contributed by atoms with van der Waals surface area (Å²) in [7, 11) is 0. The van der Waals surface area contributed by atoms with Crippen LogP contribution < -0.4 is 11.1 Å². The summed E-state index contributed by atoms with van der Waals surface area (Å²) >= 11 is 0. The summed E-state index contributed by atoms with van der Waals surface area (Å²) in [6.07, 6.45) is 1.59. The molecule has 1 heterocycles. The van der Waals surface area contributed by atoms with E-state index in [-0.39, 0.29) is 6.61 Å². The Bertz CT molecular complexity index is 443. The zero-order chi connectivity index (χ0) is 14.1. The van der Waals surface area contributed by atoms with Gasteiger partial charge in [-0.3, -0.25) is 0 Å². The molecule has 1 aromatic rings. The summed E-state index contributed by atoms with van der Waals surface area (Å²) in [5.41, 5.74) is 6.97. The number of aromatic nitrogens is 1. The van der Waals surface area contributed by atoms with Crippen molar-refractivity contribution in [1.29, 1.82) is 5.26 Å². The number of aryl methyl sites for hydroxylation is 1. The molecule has 0 aliphatic heterocycles. The molecule has 0 radical (unpaired) electrons. The molecule has 0 bridgehead atoms. The molecule has 0 saturated heterocycles. The Morgan fingerprint density at radius 2 is 2.26 bits per heavy atom. The monoisotopic (exact) mass is 264 g/mol. The molecule has 0 amide bonds. The van der Waals surface area contributed by atoms with Crippen LogP contribution in [0.2, 0.25) is 0 Å². The maximum Gasteiger partial charge on any atom is 0.146 e. The lowest BCUT2D eigenvalue weighted by Crippen LogP contribution is -2.13. The molecule has 1 aromatic heterocycles. The number of nitriles is 1. The summed E-state index contributed by atoms with van der Waals surface area (Å²) in [5, 5.41) is 20.7. The predicted molar refractivity (Wildman–Crippen MR) is 73.7 cm³/mol. The highest BCUT2D eigenvalue weighted by molar-refractivity contribution is 5.59. The molecular weight excluding hydrogens is 244 g/mol. The number of hydrogen-bond donors (Lipinski definition) is 3. The number of nitrogens with two attached hydrogens (primary N) is 1. The van der Waals surface area contributed by atoms with Gasteiger partial charge >= 0.3 is 0 Å². The first-order chi connectivity index (χ1) is 9.19. The second-order valence-electron chi connectivity index (χ2n) is 4.17. The van der Waals surface area contributed by atoms with Gasteiger partial charge in [0.25, 0.3) is 0 Å². The van der Waals surface area contributed by atoms with E-state index < -0.39 is 0 Å². The van der Waals surface area contributed by atoms with Crippen LogP contribution in [0.4, 0.5) is 11.6 Å². The van der Waals surface area contributed by atoms with Crippen LogP contribution in [-0.2, 0) is 4.74 Å². The van der Waals surface area contributed by atoms with Gasteiger partial charge in [0.2, 0.25) is 0 Å². The number of nitrogens with zero attached hydrogens (tertiary/aromatic N) is 2. The summed E-state index contributed by atoms with van der Waals surface area (Å²) in [4.78, 5) is 4.11. The molecule has 0 aromatic carbocycles. The molecule has 0 saturated carbocycles. The summed E-state index contributed by atoms with van der Waals surface area (Å²) in [5.74, 6) is 0.891. The summed E-state index contributed by atoms with van der Waals surface area (Å²) < 4.78 is 5.38. The second kappa shape index (κ2) is 8.29. The zero-order valence-electron chi connectivity index (χ0n) is 11.1. The van der Waals surface area contributed by atoms with Crippen molar-refractivity contribution in [3.63, 3.8) is 0 Å². The average molecular weight is 264 g/mol. The van der Waals surface area contributed by atoms with Crippen molar-refractivity contribution in [2.45, 2.75) is 19.8 Å². The summed E-state index contributed by atoms with van der Waals surface area (Å²) in [6, 6.07) is 3.79. The Labute approximate surface area is 113 Å². The highest BCUT2D eigenvalue weighted by Crippen LogP contribution is 2.18. The number of nitrogens with one attached hydrogen (secondary N) is 1. The Hall–Kier alpha value is -1.84. The minimum atomic E-state index is 0.194. The van der Waals surface area contributed by atoms with Crippen LogP contribution in [0.3, 0.4) is 0 Å². The van der Waals surface area contributed by atoms with Crippen molar-refractivity contribution >= 4 is 11.6 Å². The zero-order valence-corrected chi connectivity index (χ0v) is 11.1. The van der Waals surface area contributed by atoms with E-state index >= 15 is 0 Å². The number of aliphatic hydroxyl groups is 1. The molecule has 6 heteroatoms. The molecule has 0 aliphatic rings. The van der Waals surface area contributed by atoms with E-state index in [1.807, 2.05) is 6.92 Å². The van der Waals surface area contributed by atoms with Gasteiger partial charge in [-0.2, -0.15) is 5.26 Å². The molecular formula is C13H20N4O2. The van der Waals surface area contributed by atoms with Crippen LogP contribution in [0.15, 0.2) is 6.07 Å². The van der Waals surface area contributed by atoms with Gasteiger partial charge in [-0.25, -0.2) is 4.98 Å². The Kier molecular flexibility index (Phi) is 6.64. The number of hydrogen-bond acceptors (Lipinski definition) is 6. The molecule has 0 fully saturated rings. The largest absolute Gasteiger partial charge is 0.396 e. The molecule has 6 nitrogen and oxygen atoms in total. The average Bonchev–Trinajstić information content (AvgIpc) is 2.37. The van der Waals surface area contributed by atoms with Gasteiger partial charge in [-0.05, 0) is 31.4 Å². The van der Waals surface area contributed by atoms with E-state index in [0.29, 0.717) is 37.0 Å². The third-order valence-electron chi connectivity index (χ3n) is 2.58. The normalized spacial score (nSPS) is 10.2. The molecule has 104 valence electrons.